The highest BCUT2D eigenvalue weighted by molar-refractivity contribution is 6.09. The van der Waals surface area contributed by atoms with Crippen LogP contribution in [0.4, 0.5) is 0 Å². The number of H-pyrrole nitrogens is 1. The lowest BCUT2D eigenvalue weighted by Crippen LogP contribution is -2.50. The van der Waals surface area contributed by atoms with E-state index in [1.165, 1.54) is 5.56 Å². The molecule has 1 aromatic heterocycles. The molecule has 0 atom stereocenters. The van der Waals surface area contributed by atoms with Gasteiger partial charge in [0.1, 0.15) is 5.69 Å². The maximum atomic E-state index is 13.4. The van der Waals surface area contributed by atoms with Gasteiger partial charge in [0.15, 0.2) is 0 Å². The molecule has 4 heteroatoms. The van der Waals surface area contributed by atoms with Crippen LogP contribution in [0.2, 0.25) is 0 Å². The van der Waals surface area contributed by atoms with Gasteiger partial charge in [0.25, 0.3) is 5.91 Å². The SMILES string of the molecule is Cc1ccc2[nH]c(C(=O)N3CCN(C(C)C)CC3)c(-c3ccccc3)c2c1. The second-order valence-electron chi connectivity index (χ2n) is 7.71. The molecule has 2 heterocycles. The summed E-state index contributed by atoms with van der Waals surface area (Å²) in [5, 5.41) is 1.12. The number of carbonyl (C=O) groups is 1. The van der Waals surface area contributed by atoms with Gasteiger partial charge in [-0.25, -0.2) is 0 Å². The zero-order valence-electron chi connectivity index (χ0n) is 16.3. The fraction of sp³-hybridized carbons (Fsp3) is 0.348. The Labute approximate surface area is 160 Å². The number of hydrogen-bond acceptors (Lipinski definition) is 2. The van der Waals surface area contributed by atoms with Gasteiger partial charge >= 0.3 is 0 Å². The zero-order chi connectivity index (χ0) is 19.0. The summed E-state index contributed by atoms with van der Waals surface area (Å²) >= 11 is 0. The third-order valence-corrected chi connectivity index (χ3v) is 5.56. The molecule has 27 heavy (non-hydrogen) atoms. The molecule has 140 valence electrons. The lowest BCUT2D eigenvalue weighted by atomic mass is 10.00. The number of aromatic nitrogens is 1. The Bertz CT molecular complexity index is 950. The molecule has 1 amide bonds. The van der Waals surface area contributed by atoms with Crippen LogP contribution in [0.5, 0.6) is 0 Å². The van der Waals surface area contributed by atoms with E-state index in [1.54, 1.807) is 0 Å². The third-order valence-electron chi connectivity index (χ3n) is 5.56. The van der Waals surface area contributed by atoms with Crippen LogP contribution < -0.4 is 0 Å². The van der Waals surface area contributed by atoms with E-state index >= 15 is 0 Å². The third kappa shape index (κ3) is 3.37. The smallest absolute Gasteiger partial charge is 0.271 e. The van der Waals surface area contributed by atoms with Crippen LogP contribution in [-0.4, -0.2) is 52.9 Å². The topological polar surface area (TPSA) is 39.3 Å². The molecule has 2 aromatic carbocycles. The predicted molar refractivity (Wildman–Crippen MR) is 111 cm³/mol. The van der Waals surface area contributed by atoms with Gasteiger partial charge in [-0.1, -0.05) is 42.0 Å². The van der Waals surface area contributed by atoms with E-state index in [0.29, 0.717) is 11.7 Å². The number of nitrogens with one attached hydrogen (secondary N) is 1. The van der Waals surface area contributed by atoms with Crippen LogP contribution in [-0.2, 0) is 0 Å². The first-order valence-corrected chi connectivity index (χ1v) is 9.75. The summed E-state index contributed by atoms with van der Waals surface area (Å²) in [7, 11) is 0. The Morgan fingerprint density at radius 3 is 2.37 bits per heavy atom. The van der Waals surface area contributed by atoms with Crippen molar-refractivity contribution in [3.05, 3.63) is 59.8 Å². The molecule has 0 radical (unpaired) electrons. The van der Waals surface area contributed by atoms with Crippen LogP contribution in [0, 0.1) is 6.92 Å². The Hall–Kier alpha value is -2.59. The number of aryl methyl sites for hydroxylation is 1. The number of fused-ring (bicyclic) bond motifs is 1. The van der Waals surface area contributed by atoms with E-state index in [1.807, 2.05) is 23.1 Å². The number of aromatic amines is 1. The zero-order valence-corrected chi connectivity index (χ0v) is 16.3. The minimum absolute atomic E-state index is 0.103. The fourth-order valence-corrected chi connectivity index (χ4v) is 3.97. The summed E-state index contributed by atoms with van der Waals surface area (Å²) in [4.78, 5) is 21.2. The molecule has 1 saturated heterocycles. The minimum atomic E-state index is 0.103. The lowest BCUT2D eigenvalue weighted by molar-refractivity contribution is 0.0591. The predicted octanol–water partition coefficient (Wildman–Crippen LogP) is 4.31. The van der Waals surface area contributed by atoms with Crippen molar-refractivity contribution in [2.45, 2.75) is 26.8 Å². The lowest BCUT2D eigenvalue weighted by Gasteiger charge is -2.36. The molecule has 0 saturated carbocycles. The molecule has 1 fully saturated rings. The Balaban J connectivity index is 1.74. The minimum Gasteiger partial charge on any atom is -0.350 e. The molecule has 0 spiro atoms. The molecule has 4 rings (SSSR count). The second-order valence-corrected chi connectivity index (χ2v) is 7.71. The van der Waals surface area contributed by atoms with E-state index in [0.717, 1.165) is 48.2 Å². The van der Waals surface area contributed by atoms with Crippen LogP contribution >= 0.6 is 0 Å². The van der Waals surface area contributed by atoms with Crippen LogP contribution in [0.3, 0.4) is 0 Å². The highest BCUT2D eigenvalue weighted by Crippen LogP contribution is 2.34. The number of benzene rings is 2. The summed E-state index contributed by atoms with van der Waals surface area (Å²) in [6, 6.07) is 17.1. The largest absolute Gasteiger partial charge is 0.350 e. The van der Waals surface area contributed by atoms with Gasteiger partial charge in [-0.05, 0) is 38.5 Å². The highest BCUT2D eigenvalue weighted by Gasteiger charge is 2.27. The first-order valence-electron chi connectivity index (χ1n) is 9.75. The van der Waals surface area contributed by atoms with E-state index in [4.69, 9.17) is 0 Å². The first-order chi connectivity index (χ1) is 13.0. The van der Waals surface area contributed by atoms with Gasteiger partial charge in [-0.15, -0.1) is 0 Å². The van der Waals surface area contributed by atoms with Crippen LogP contribution in [0.1, 0.15) is 29.9 Å². The van der Waals surface area contributed by atoms with Crippen molar-refractivity contribution in [1.29, 1.82) is 0 Å². The number of piperazine rings is 1. The molecule has 1 aliphatic rings. The van der Waals surface area contributed by atoms with Crippen molar-refractivity contribution in [1.82, 2.24) is 14.8 Å². The number of rotatable bonds is 3. The standard InChI is InChI=1S/C23H27N3O/c1-16(2)25-11-13-26(14-12-25)23(27)22-21(18-7-5-4-6-8-18)19-15-17(3)9-10-20(19)24-22/h4-10,15-16,24H,11-14H2,1-3H3. The highest BCUT2D eigenvalue weighted by atomic mass is 16.2. The summed E-state index contributed by atoms with van der Waals surface area (Å²) in [5.74, 6) is 0.103. The van der Waals surface area contributed by atoms with Gasteiger partial charge in [0.05, 0.1) is 0 Å². The van der Waals surface area contributed by atoms with E-state index in [9.17, 15) is 4.79 Å². The average molecular weight is 361 g/mol. The van der Waals surface area contributed by atoms with Crippen molar-refractivity contribution in [2.75, 3.05) is 26.2 Å². The van der Waals surface area contributed by atoms with E-state index in [-0.39, 0.29) is 5.91 Å². The van der Waals surface area contributed by atoms with Gasteiger partial charge in [0.2, 0.25) is 0 Å². The van der Waals surface area contributed by atoms with Crippen LogP contribution in [0.15, 0.2) is 48.5 Å². The normalized spacial score (nSPS) is 15.6. The molecule has 0 aliphatic carbocycles. The Morgan fingerprint density at radius 1 is 1.00 bits per heavy atom. The average Bonchev–Trinajstić information content (AvgIpc) is 3.06. The maximum absolute atomic E-state index is 13.4. The fourth-order valence-electron chi connectivity index (χ4n) is 3.97. The number of amides is 1. The van der Waals surface area contributed by atoms with Crippen molar-refractivity contribution < 1.29 is 4.79 Å². The molecule has 0 unspecified atom stereocenters. The summed E-state index contributed by atoms with van der Waals surface area (Å²) in [5.41, 5.74) is 5.02. The van der Waals surface area contributed by atoms with Gasteiger partial charge in [0, 0.05) is 48.7 Å². The monoisotopic (exact) mass is 361 g/mol. The molecular formula is C23H27N3O. The van der Waals surface area contributed by atoms with Crippen LogP contribution in [0.25, 0.3) is 22.0 Å². The van der Waals surface area contributed by atoms with Crippen molar-refractivity contribution in [2.24, 2.45) is 0 Å². The van der Waals surface area contributed by atoms with Gasteiger partial charge < -0.3 is 9.88 Å². The molecular weight excluding hydrogens is 334 g/mol. The summed E-state index contributed by atoms with van der Waals surface area (Å²) in [6.07, 6.45) is 0. The molecule has 4 nitrogen and oxygen atoms in total. The maximum Gasteiger partial charge on any atom is 0.271 e. The molecule has 0 bridgehead atoms. The number of nitrogens with zero attached hydrogens (tertiary/aromatic N) is 2. The summed E-state index contributed by atoms with van der Waals surface area (Å²) < 4.78 is 0. The summed E-state index contributed by atoms with van der Waals surface area (Å²) in [6.45, 7) is 9.94. The molecule has 1 N–H and O–H groups in total. The number of hydrogen-bond donors (Lipinski definition) is 1. The van der Waals surface area contributed by atoms with Crippen molar-refractivity contribution in [3.8, 4) is 11.1 Å². The van der Waals surface area contributed by atoms with E-state index < -0.39 is 0 Å². The van der Waals surface area contributed by atoms with Crippen molar-refractivity contribution in [3.63, 3.8) is 0 Å². The molecule has 3 aromatic rings. The molecule has 1 aliphatic heterocycles. The quantitative estimate of drug-likeness (QED) is 0.755. The Kier molecular flexibility index (Phi) is 4.75. The van der Waals surface area contributed by atoms with Crippen molar-refractivity contribution >= 4 is 16.8 Å². The van der Waals surface area contributed by atoms with Gasteiger partial charge in [-0.3, -0.25) is 9.69 Å². The number of carbonyl (C=O) groups excluding carboxylic acids is 1. The van der Waals surface area contributed by atoms with E-state index in [2.05, 4.69) is 61.0 Å². The second kappa shape index (κ2) is 7.20. The Morgan fingerprint density at radius 2 is 1.70 bits per heavy atom. The first kappa shape index (κ1) is 17.8. The van der Waals surface area contributed by atoms with Gasteiger partial charge in [-0.2, -0.15) is 0 Å².